The van der Waals surface area contributed by atoms with Gasteiger partial charge >= 0.3 is 6.18 Å². The molecule has 0 saturated heterocycles. The lowest BCUT2D eigenvalue weighted by Gasteiger charge is -2.22. The van der Waals surface area contributed by atoms with Crippen molar-refractivity contribution in [2.24, 2.45) is 0 Å². The molecule has 0 aliphatic carbocycles. The minimum Gasteiger partial charge on any atom is -0.308 e. The van der Waals surface area contributed by atoms with Crippen LogP contribution in [0.3, 0.4) is 0 Å². The lowest BCUT2D eigenvalue weighted by atomic mass is 9.92. The average Bonchev–Trinajstić information content (AvgIpc) is 3.80. The molecule has 10 aromatic rings. The smallest absolute Gasteiger partial charge is 0.308 e. The quantitative estimate of drug-likeness (QED) is 0.163. The Labute approximate surface area is 348 Å². The van der Waals surface area contributed by atoms with Crippen LogP contribution in [-0.2, 0) is 6.18 Å². The van der Waals surface area contributed by atoms with E-state index in [0.29, 0.717) is 28.1 Å². The van der Waals surface area contributed by atoms with Crippen molar-refractivity contribution in [2.75, 3.05) is 0 Å². The molecule has 0 amide bonds. The standard InChI is InChI=1S/C53H30F3N5/c1-32-8-7-11-44(53(54,55)56)52(32)43-28-50(60-46-12-5-3-9-39(46)41-26-37(22-24-48(41)60)35-18-14-33(30-57)15-19-35)51(29-45(43)59-2)61-47-13-6-4-10-40(47)42-27-38(23-25-49(42)61)36-20-16-34(31-58)17-21-36/h3-29H,1H3. The molecular formula is C53H30F3N5. The summed E-state index contributed by atoms with van der Waals surface area (Å²) in [5, 5.41) is 22.6. The fourth-order valence-electron chi connectivity index (χ4n) is 8.78. The maximum atomic E-state index is 14.9. The first kappa shape index (κ1) is 36.9. The highest BCUT2D eigenvalue weighted by atomic mass is 19.4. The molecule has 8 aromatic carbocycles. The second-order valence-electron chi connectivity index (χ2n) is 15.0. The summed E-state index contributed by atoms with van der Waals surface area (Å²) in [7, 11) is 0. The Morgan fingerprint density at radius 2 is 0.967 bits per heavy atom. The molecule has 0 N–H and O–H groups in total. The summed E-state index contributed by atoms with van der Waals surface area (Å²) in [5.41, 5.74) is 9.31. The number of hydrogen-bond donors (Lipinski definition) is 0. The minimum absolute atomic E-state index is 0.0352. The van der Waals surface area contributed by atoms with Crippen molar-refractivity contribution in [3.05, 3.63) is 197 Å². The predicted molar refractivity (Wildman–Crippen MR) is 237 cm³/mol. The van der Waals surface area contributed by atoms with E-state index in [1.807, 2.05) is 91.0 Å². The number of fused-ring (bicyclic) bond motifs is 6. The predicted octanol–water partition coefficient (Wildman–Crippen LogP) is 14.5. The molecule has 0 unspecified atom stereocenters. The van der Waals surface area contributed by atoms with Crippen LogP contribution >= 0.6 is 0 Å². The van der Waals surface area contributed by atoms with Gasteiger partial charge in [0.05, 0.1) is 68.8 Å². The zero-order valence-corrected chi connectivity index (χ0v) is 32.5. The summed E-state index contributed by atoms with van der Waals surface area (Å²) in [5.74, 6) is 0. The highest BCUT2D eigenvalue weighted by Gasteiger charge is 2.35. The summed E-state index contributed by atoms with van der Waals surface area (Å²) in [6.07, 6.45) is -4.67. The topological polar surface area (TPSA) is 61.8 Å². The summed E-state index contributed by atoms with van der Waals surface area (Å²) in [6, 6.07) is 55.1. The SMILES string of the molecule is [C-]#[N+]c1cc(-n2c3ccccc3c3cc(-c4ccc(C#N)cc4)ccc32)c(-n2c3ccccc3c3cc(-c4ccc(C#N)cc4)ccc32)cc1-c1c(C)cccc1C(F)(F)F. The molecule has 0 aliphatic rings. The van der Waals surface area contributed by atoms with E-state index in [0.717, 1.165) is 71.9 Å². The van der Waals surface area contributed by atoms with Crippen LogP contribution in [0.15, 0.2) is 164 Å². The highest BCUT2D eigenvalue weighted by Crippen LogP contribution is 2.47. The molecule has 0 saturated carbocycles. The molecule has 0 atom stereocenters. The number of rotatable bonds is 5. The van der Waals surface area contributed by atoms with Crippen molar-refractivity contribution < 1.29 is 13.2 Å². The van der Waals surface area contributed by atoms with Crippen molar-refractivity contribution in [1.29, 1.82) is 10.5 Å². The van der Waals surface area contributed by atoms with Gasteiger partial charge in [0.1, 0.15) is 0 Å². The Morgan fingerprint density at radius 3 is 1.44 bits per heavy atom. The van der Waals surface area contributed by atoms with Gasteiger partial charge < -0.3 is 9.13 Å². The van der Waals surface area contributed by atoms with Gasteiger partial charge in [0.15, 0.2) is 5.69 Å². The van der Waals surface area contributed by atoms with Gasteiger partial charge in [-0.05, 0) is 125 Å². The molecule has 0 radical (unpaired) electrons. The van der Waals surface area contributed by atoms with Crippen LogP contribution in [-0.4, -0.2) is 9.13 Å². The number of nitriles is 2. The van der Waals surface area contributed by atoms with E-state index in [2.05, 4.69) is 44.3 Å². The number of alkyl halides is 3. The van der Waals surface area contributed by atoms with Crippen LogP contribution in [0, 0.1) is 36.2 Å². The largest absolute Gasteiger partial charge is 0.416 e. The zero-order chi connectivity index (χ0) is 42.0. The Balaban J connectivity index is 1.32. The maximum absolute atomic E-state index is 14.9. The van der Waals surface area contributed by atoms with Gasteiger partial charge in [-0.15, -0.1) is 0 Å². The molecule has 0 spiro atoms. The molecular weight excluding hydrogens is 764 g/mol. The van der Waals surface area contributed by atoms with E-state index >= 15 is 0 Å². The second-order valence-corrected chi connectivity index (χ2v) is 15.0. The molecule has 288 valence electrons. The molecule has 0 bridgehead atoms. The zero-order valence-electron chi connectivity index (χ0n) is 32.5. The van der Waals surface area contributed by atoms with Crippen molar-refractivity contribution in [3.63, 3.8) is 0 Å². The molecule has 10 rings (SSSR count). The summed E-state index contributed by atoms with van der Waals surface area (Å²) in [6.45, 7) is 10.1. The molecule has 2 aromatic heterocycles. The van der Waals surface area contributed by atoms with E-state index in [-0.39, 0.29) is 16.8 Å². The Bertz CT molecular complexity index is 3550. The van der Waals surface area contributed by atoms with Crippen molar-refractivity contribution in [1.82, 2.24) is 9.13 Å². The van der Waals surface area contributed by atoms with E-state index in [1.165, 1.54) is 6.07 Å². The van der Waals surface area contributed by atoms with Crippen LogP contribution in [0.25, 0.3) is 93.2 Å². The second kappa shape index (κ2) is 14.2. The van der Waals surface area contributed by atoms with Gasteiger partial charge in [-0.3, -0.25) is 0 Å². The molecule has 0 aliphatic heterocycles. The van der Waals surface area contributed by atoms with E-state index in [1.54, 1.807) is 49.4 Å². The van der Waals surface area contributed by atoms with E-state index < -0.39 is 11.7 Å². The third kappa shape index (κ3) is 5.99. The van der Waals surface area contributed by atoms with Crippen molar-refractivity contribution in [3.8, 4) is 56.9 Å². The third-order valence-corrected chi connectivity index (χ3v) is 11.6. The number of halogens is 3. The first-order valence-corrected chi connectivity index (χ1v) is 19.5. The number of aromatic nitrogens is 2. The van der Waals surface area contributed by atoms with Gasteiger partial charge in [0.25, 0.3) is 0 Å². The molecule has 5 nitrogen and oxygen atoms in total. The first-order chi connectivity index (χ1) is 29.7. The summed E-state index contributed by atoms with van der Waals surface area (Å²) < 4.78 is 48.9. The normalized spacial score (nSPS) is 11.6. The third-order valence-electron chi connectivity index (χ3n) is 11.6. The Morgan fingerprint density at radius 1 is 0.508 bits per heavy atom. The monoisotopic (exact) mass is 793 g/mol. The van der Waals surface area contributed by atoms with Gasteiger partial charge in [-0.2, -0.15) is 23.7 Å². The van der Waals surface area contributed by atoms with Crippen LogP contribution in [0.1, 0.15) is 22.3 Å². The van der Waals surface area contributed by atoms with Crippen molar-refractivity contribution in [2.45, 2.75) is 13.1 Å². The number of nitrogens with zero attached hydrogens (tertiary/aromatic N) is 5. The maximum Gasteiger partial charge on any atom is 0.416 e. The Hall–Kier alpha value is -8.38. The van der Waals surface area contributed by atoms with Crippen LogP contribution in [0.4, 0.5) is 18.9 Å². The fraction of sp³-hybridized carbons (Fsp3) is 0.0377. The highest BCUT2D eigenvalue weighted by molar-refractivity contribution is 6.13. The van der Waals surface area contributed by atoms with Crippen LogP contribution in [0.2, 0.25) is 0 Å². The first-order valence-electron chi connectivity index (χ1n) is 19.5. The molecule has 0 fully saturated rings. The molecule has 2 heterocycles. The van der Waals surface area contributed by atoms with Crippen molar-refractivity contribution >= 4 is 49.3 Å². The lowest BCUT2D eigenvalue weighted by Crippen LogP contribution is -2.09. The minimum atomic E-state index is -4.67. The number of hydrogen-bond acceptors (Lipinski definition) is 2. The lowest BCUT2D eigenvalue weighted by molar-refractivity contribution is -0.137. The van der Waals surface area contributed by atoms with Gasteiger partial charge in [0.2, 0.25) is 0 Å². The summed E-state index contributed by atoms with van der Waals surface area (Å²) >= 11 is 0. The van der Waals surface area contributed by atoms with Crippen LogP contribution < -0.4 is 0 Å². The molecule has 61 heavy (non-hydrogen) atoms. The molecule has 8 heteroatoms. The van der Waals surface area contributed by atoms with E-state index in [9.17, 15) is 23.7 Å². The number of para-hydroxylation sites is 2. The van der Waals surface area contributed by atoms with Gasteiger partial charge in [-0.1, -0.05) is 84.9 Å². The number of aryl methyl sites for hydroxylation is 1. The van der Waals surface area contributed by atoms with Gasteiger partial charge in [-0.25, -0.2) is 4.85 Å². The Kier molecular flexibility index (Phi) is 8.58. The fourth-order valence-corrected chi connectivity index (χ4v) is 8.78. The summed E-state index contributed by atoms with van der Waals surface area (Å²) in [4.78, 5) is 3.93. The van der Waals surface area contributed by atoms with Crippen LogP contribution in [0.5, 0.6) is 0 Å². The van der Waals surface area contributed by atoms with E-state index in [4.69, 9.17) is 6.57 Å². The number of benzene rings is 8. The van der Waals surface area contributed by atoms with Gasteiger partial charge in [0, 0.05) is 21.5 Å². The average molecular weight is 794 g/mol.